The van der Waals surface area contributed by atoms with Gasteiger partial charge in [-0.1, -0.05) is 211 Å². The van der Waals surface area contributed by atoms with Gasteiger partial charge in [-0.15, -0.1) is 0 Å². The minimum absolute atomic E-state index is 0.0458. The number of hydrogen-bond acceptors (Lipinski definition) is 3. The molecule has 342 valence electrons. The molecule has 0 spiro atoms. The Morgan fingerprint density at radius 3 is 1.63 bits per heavy atom. The summed E-state index contributed by atoms with van der Waals surface area (Å²) in [7, 11) is 0. The molecule has 0 fully saturated rings. The Bertz CT molecular complexity index is 4040. The van der Waals surface area contributed by atoms with Crippen molar-refractivity contribution in [1.29, 1.82) is 0 Å². The van der Waals surface area contributed by atoms with E-state index in [2.05, 4.69) is 232 Å². The number of rotatable bonds is 7. The Hall–Kier alpha value is -8.41. The third kappa shape index (κ3) is 6.86. The molecule has 9 aromatic carbocycles. The lowest BCUT2D eigenvalue weighted by molar-refractivity contribution is 0.234. The molecule has 0 N–H and O–H groups in total. The van der Waals surface area contributed by atoms with Crippen molar-refractivity contribution in [3.63, 3.8) is 0 Å². The Balaban J connectivity index is 1.04. The molecule has 0 radical (unpaired) electrons. The normalized spacial score (nSPS) is 15.1. The van der Waals surface area contributed by atoms with Gasteiger partial charge in [0.2, 0.25) is 5.95 Å². The molecule has 0 saturated heterocycles. The van der Waals surface area contributed by atoms with Crippen molar-refractivity contribution < 1.29 is 0 Å². The average Bonchev–Trinajstić information content (AvgIpc) is 3.91. The van der Waals surface area contributed by atoms with Gasteiger partial charge in [-0.05, 0) is 98.5 Å². The van der Waals surface area contributed by atoms with Gasteiger partial charge in [-0.2, -0.15) is 9.97 Å². The van der Waals surface area contributed by atoms with Crippen LogP contribution in [0.25, 0.3) is 111 Å². The van der Waals surface area contributed by atoms with Crippen molar-refractivity contribution in [2.75, 3.05) is 0 Å². The summed E-state index contributed by atoms with van der Waals surface area (Å²) in [5, 5.41) is 4.66. The molecule has 1 aliphatic carbocycles. The van der Waals surface area contributed by atoms with E-state index in [4.69, 9.17) is 15.0 Å². The third-order valence-electron chi connectivity index (χ3n) is 15.7. The number of fused-ring (bicyclic) bond motifs is 7. The van der Waals surface area contributed by atoms with Gasteiger partial charge in [0.15, 0.2) is 11.6 Å². The molecule has 3 aromatic heterocycles. The molecule has 1 unspecified atom stereocenters. The summed E-state index contributed by atoms with van der Waals surface area (Å²) in [6.07, 6.45) is 1.15. The van der Waals surface area contributed by atoms with Crippen molar-refractivity contribution in [3.05, 3.63) is 223 Å². The van der Waals surface area contributed by atoms with Crippen molar-refractivity contribution in [2.45, 2.75) is 51.9 Å². The number of benzene rings is 9. The van der Waals surface area contributed by atoms with E-state index in [1.165, 1.54) is 44.2 Å². The summed E-state index contributed by atoms with van der Waals surface area (Å²) in [6.45, 7) is 12.2. The number of nitrogens with zero attached hydrogens (tertiary/aromatic N) is 5. The average molecular weight is 916 g/mol. The number of hydrogen-bond donors (Lipinski definition) is 0. The first kappa shape index (κ1) is 42.7. The minimum atomic E-state index is 0.0458. The maximum Gasteiger partial charge on any atom is 0.238 e. The zero-order chi connectivity index (χ0) is 48.0. The molecule has 12 aromatic rings. The molecule has 5 heteroatoms. The van der Waals surface area contributed by atoms with Gasteiger partial charge in [0.25, 0.3) is 0 Å². The van der Waals surface area contributed by atoms with Crippen molar-refractivity contribution >= 4 is 43.6 Å². The van der Waals surface area contributed by atoms with Crippen LogP contribution in [0.2, 0.25) is 0 Å². The Morgan fingerprint density at radius 2 is 0.915 bits per heavy atom. The van der Waals surface area contributed by atoms with Crippen LogP contribution in [-0.4, -0.2) is 24.1 Å². The van der Waals surface area contributed by atoms with Crippen LogP contribution < -0.4 is 0 Å². The number of aromatic nitrogens is 5. The second-order valence-electron chi connectivity index (χ2n) is 20.7. The fraction of sp³-hybridized carbons (Fsp3) is 0.136. The predicted molar refractivity (Wildman–Crippen MR) is 296 cm³/mol. The largest absolute Gasteiger partial charge is 0.309 e. The smallest absolute Gasteiger partial charge is 0.238 e. The van der Waals surface area contributed by atoms with Gasteiger partial charge in [-0.3, -0.25) is 4.57 Å². The summed E-state index contributed by atoms with van der Waals surface area (Å²) < 4.78 is 4.71. The predicted octanol–water partition coefficient (Wildman–Crippen LogP) is 17.0. The molecule has 0 bridgehead atoms. The minimum Gasteiger partial charge on any atom is -0.309 e. The van der Waals surface area contributed by atoms with Gasteiger partial charge >= 0.3 is 0 Å². The van der Waals surface area contributed by atoms with Crippen LogP contribution in [0.15, 0.2) is 212 Å². The van der Waals surface area contributed by atoms with E-state index in [1.54, 1.807) is 0 Å². The first-order chi connectivity index (χ1) is 34.6. The van der Waals surface area contributed by atoms with Crippen LogP contribution in [0.5, 0.6) is 0 Å². The van der Waals surface area contributed by atoms with Crippen LogP contribution in [-0.2, 0) is 10.8 Å². The highest BCUT2D eigenvalue weighted by atomic mass is 15.2. The number of para-hydroxylation sites is 3. The first-order valence-corrected chi connectivity index (χ1v) is 24.9. The summed E-state index contributed by atoms with van der Waals surface area (Å²) in [5.74, 6) is 2.37. The quantitative estimate of drug-likeness (QED) is 0.160. The van der Waals surface area contributed by atoms with Crippen molar-refractivity contribution in [2.24, 2.45) is 5.92 Å². The van der Waals surface area contributed by atoms with E-state index in [0.717, 1.165) is 67.2 Å². The van der Waals surface area contributed by atoms with Crippen LogP contribution >= 0.6 is 0 Å². The van der Waals surface area contributed by atoms with Crippen molar-refractivity contribution in [1.82, 2.24) is 24.1 Å². The van der Waals surface area contributed by atoms with Crippen LogP contribution in [0.4, 0.5) is 0 Å². The Morgan fingerprint density at radius 1 is 0.394 bits per heavy atom. The Labute approximate surface area is 414 Å². The topological polar surface area (TPSA) is 48.5 Å². The van der Waals surface area contributed by atoms with E-state index in [-0.39, 0.29) is 10.8 Å². The molecule has 3 heterocycles. The zero-order valence-corrected chi connectivity index (χ0v) is 40.7. The lowest BCUT2D eigenvalue weighted by Gasteiger charge is -2.47. The maximum absolute atomic E-state index is 5.43. The summed E-state index contributed by atoms with van der Waals surface area (Å²) in [4.78, 5) is 16.0. The monoisotopic (exact) mass is 915 g/mol. The molecule has 13 rings (SSSR count). The van der Waals surface area contributed by atoms with Crippen molar-refractivity contribution in [3.8, 4) is 67.8 Å². The first-order valence-electron chi connectivity index (χ1n) is 24.9. The molecule has 71 heavy (non-hydrogen) atoms. The summed E-state index contributed by atoms with van der Waals surface area (Å²) in [6, 6.07) is 76.5. The van der Waals surface area contributed by atoms with E-state index in [1.807, 2.05) is 24.3 Å². The molecule has 1 aliphatic rings. The highest BCUT2D eigenvalue weighted by molar-refractivity contribution is 6.19. The fourth-order valence-electron chi connectivity index (χ4n) is 12.0. The lowest BCUT2D eigenvalue weighted by Crippen LogP contribution is -2.40. The van der Waals surface area contributed by atoms with Gasteiger partial charge < -0.3 is 4.57 Å². The van der Waals surface area contributed by atoms with Crippen LogP contribution in [0.3, 0.4) is 0 Å². The molecule has 5 nitrogen and oxygen atoms in total. The molecular weight excluding hydrogens is 863 g/mol. The van der Waals surface area contributed by atoms with Gasteiger partial charge in [-0.25, -0.2) is 4.98 Å². The molecular formula is C66H53N5. The third-order valence-corrected chi connectivity index (χ3v) is 15.7. The highest BCUT2D eigenvalue weighted by Gasteiger charge is 2.43. The SMILES string of the molecule is CC1CC(C)(C)c2c(-c3cccc(-c4ccccc4-n4c5ccccc5c5cc6c7ccccc7n(-c7nc(-c8ccccc8)nc(-c8ccccc8-c8ccccc8)n7)c6cc54)c3)cccc2C1(C)C. The second-order valence-corrected chi connectivity index (χ2v) is 20.7. The molecule has 0 amide bonds. The summed E-state index contributed by atoms with van der Waals surface area (Å²) >= 11 is 0. The van der Waals surface area contributed by atoms with Gasteiger partial charge in [0.05, 0.1) is 27.8 Å². The zero-order valence-electron chi connectivity index (χ0n) is 40.7. The highest BCUT2D eigenvalue weighted by Crippen LogP contribution is 2.52. The van der Waals surface area contributed by atoms with E-state index < -0.39 is 0 Å². The van der Waals surface area contributed by atoms with E-state index >= 15 is 0 Å². The molecule has 1 atom stereocenters. The fourth-order valence-corrected chi connectivity index (χ4v) is 12.0. The van der Waals surface area contributed by atoms with Crippen LogP contribution in [0, 0.1) is 5.92 Å². The molecule has 0 aliphatic heterocycles. The molecule has 0 saturated carbocycles. The van der Waals surface area contributed by atoms with E-state index in [0.29, 0.717) is 23.5 Å². The van der Waals surface area contributed by atoms with Gasteiger partial charge in [0.1, 0.15) is 0 Å². The van der Waals surface area contributed by atoms with Crippen LogP contribution in [0.1, 0.15) is 52.2 Å². The maximum atomic E-state index is 5.43. The van der Waals surface area contributed by atoms with E-state index in [9.17, 15) is 0 Å². The Kier molecular flexibility index (Phi) is 9.83. The summed E-state index contributed by atoms with van der Waals surface area (Å²) in [5.41, 5.74) is 17.5. The second kappa shape index (κ2) is 16.4. The lowest BCUT2D eigenvalue weighted by atomic mass is 9.57. The van der Waals surface area contributed by atoms with Gasteiger partial charge in [0, 0.05) is 38.2 Å². The standard InChI is InChI=1S/C66H53N5/c1-42-41-65(2,3)61-49(33-21-34-55(61)66(42,4)5)46-27-20-26-45(38-46)48-29-14-17-35-56(48)70-57-36-18-15-30-50(57)53-39-54-51-31-16-19-37-58(51)71(60(54)40-59(53)70)64-68-62(44-24-10-7-11-25-44)67-63(69-64)52-32-13-12-28-47(52)43-22-8-6-9-23-43/h6-40,42H,41H2,1-5H3.